The predicted molar refractivity (Wildman–Crippen MR) is 74.8 cm³/mol. The van der Waals surface area contributed by atoms with Crippen molar-refractivity contribution in [2.75, 3.05) is 24.5 Å². The number of aryl methyl sites for hydroxylation is 1. The minimum Gasteiger partial charge on any atom is -0.337 e. The van der Waals surface area contributed by atoms with Crippen LogP contribution in [0.15, 0.2) is 12.4 Å². The van der Waals surface area contributed by atoms with Crippen LogP contribution in [-0.4, -0.2) is 35.6 Å². The number of hydrogen-bond donors (Lipinski definition) is 1. The van der Waals surface area contributed by atoms with E-state index in [4.69, 9.17) is 0 Å². The fourth-order valence-corrected chi connectivity index (χ4v) is 2.38. The topological polar surface area (TPSA) is 41.1 Å². The van der Waals surface area contributed by atoms with Crippen LogP contribution in [0, 0.1) is 12.8 Å². The molecule has 1 aromatic heterocycles. The van der Waals surface area contributed by atoms with Gasteiger partial charge in [-0.1, -0.05) is 13.8 Å². The molecule has 4 nitrogen and oxygen atoms in total. The van der Waals surface area contributed by atoms with Gasteiger partial charge in [0, 0.05) is 31.5 Å². The average molecular weight is 248 g/mol. The van der Waals surface area contributed by atoms with E-state index in [0.717, 1.165) is 31.1 Å². The first-order chi connectivity index (χ1) is 8.66. The van der Waals surface area contributed by atoms with Crippen molar-refractivity contribution in [1.29, 1.82) is 0 Å². The molecule has 1 saturated heterocycles. The van der Waals surface area contributed by atoms with Gasteiger partial charge in [0.05, 0.1) is 0 Å². The third kappa shape index (κ3) is 3.42. The molecule has 1 fully saturated rings. The van der Waals surface area contributed by atoms with Crippen LogP contribution in [0.1, 0.15) is 32.3 Å². The van der Waals surface area contributed by atoms with Gasteiger partial charge in [-0.2, -0.15) is 0 Å². The van der Waals surface area contributed by atoms with Crippen molar-refractivity contribution >= 4 is 5.95 Å². The molecule has 1 aliphatic heterocycles. The van der Waals surface area contributed by atoms with Crippen LogP contribution in [0.5, 0.6) is 0 Å². The van der Waals surface area contributed by atoms with Crippen molar-refractivity contribution in [3.8, 4) is 0 Å². The van der Waals surface area contributed by atoms with Gasteiger partial charge in [-0.05, 0) is 37.8 Å². The Labute approximate surface area is 110 Å². The Morgan fingerprint density at radius 2 is 2.11 bits per heavy atom. The maximum atomic E-state index is 4.44. The molecular weight excluding hydrogens is 224 g/mol. The molecule has 0 spiro atoms. The molecule has 2 heterocycles. The van der Waals surface area contributed by atoms with E-state index < -0.39 is 0 Å². The number of hydrogen-bond acceptors (Lipinski definition) is 4. The molecule has 4 heteroatoms. The zero-order chi connectivity index (χ0) is 13.0. The second kappa shape index (κ2) is 6.14. The summed E-state index contributed by atoms with van der Waals surface area (Å²) in [6.45, 7) is 9.70. The molecule has 2 rings (SSSR count). The van der Waals surface area contributed by atoms with Crippen LogP contribution in [0.3, 0.4) is 0 Å². The van der Waals surface area contributed by atoms with Crippen LogP contribution < -0.4 is 10.2 Å². The first-order valence-corrected chi connectivity index (χ1v) is 6.93. The molecular formula is C14H24N4. The Balaban J connectivity index is 1.92. The Morgan fingerprint density at radius 3 is 2.78 bits per heavy atom. The molecule has 1 atom stereocenters. The van der Waals surface area contributed by atoms with E-state index in [9.17, 15) is 0 Å². The molecule has 1 unspecified atom stereocenters. The number of aromatic nitrogens is 2. The van der Waals surface area contributed by atoms with E-state index in [1.54, 1.807) is 0 Å². The lowest BCUT2D eigenvalue weighted by Gasteiger charge is -2.25. The monoisotopic (exact) mass is 248 g/mol. The van der Waals surface area contributed by atoms with Crippen molar-refractivity contribution in [2.24, 2.45) is 5.92 Å². The second-order valence-corrected chi connectivity index (χ2v) is 5.60. The summed E-state index contributed by atoms with van der Waals surface area (Å²) < 4.78 is 0. The third-order valence-electron chi connectivity index (χ3n) is 3.33. The molecule has 100 valence electrons. The fraction of sp³-hybridized carbons (Fsp3) is 0.714. The molecule has 0 saturated carbocycles. The summed E-state index contributed by atoms with van der Waals surface area (Å²) in [5.74, 6) is 1.59. The highest BCUT2D eigenvalue weighted by Gasteiger charge is 2.25. The Bertz CT molecular complexity index is 361. The average Bonchev–Trinajstić information content (AvgIpc) is 2.78. The molecule has 0 radical (unpaired) electrons. The molecule has 0 amide bonds. The molecule has 0 bridgehead atoms. The van der Waals surface area contributed by atoms with Gasteiger partial charge >= 0.3 is 0 Å². The molecule has 0 aliphatic carbocycles. The van der Waals surface area contributed by atoms with Gasteiger partial charge in [0.25, 0.3) is 0 Å². The fourth-order valence-electron chi connectivity index (χ4n) is 2.38. The highest BCUT2D eigenvalue weighted by Crippen LogP contribution is 2.21. The van der Waals surface area contributed by atoms with Gasteiger partial charge in [0.2, 0.25) is 5.95 Å². The van der Waals surface area contributed by atoms with Gasteiger partial charge < -0.3 is 10.2 Å². The van der Waals surface area contributed by atoms with E-state index in [2.05, 4.69) is 34.0 Å². The Kier molecular flexibility index (Phi) is 4.53. The van der Waals surface area contributed by atoms with Crippen LogP contribution in [-0.2, 0) is 0 Å². The van der Waals surface area contributed by atoms with Crippen LogP contribution in [0.25, 0.3) is 0 Å². The van der Waals surface area contributed by atoms with Crippen molar-refractivity contribution < 1.29 is 0 Å². The molecule has 1 aromatic rings. The van der Waals surface area contributed by atoms with E-state index in [1.807, 2.05) is 19.3 Å². The first-order valence-electron chi connectivity index (χ1n) is 6.93. The molecule has 0 aromatic carbocycles. The molecule has 1 N–H and O–H groups in total. The largest absolute Gasteiger partial charge is 0.337 e. The van der Waals surface area contributed by atoms with Crippen LogP contribution in [0.4, 0.5) is 5.95 Å². The zero-order valence-electron chi connectivity index (χ0n) is 11.7. The summed E-state index contributed by atoms with van der Waals surface area (Å²) in [4.78, 5) is 11.2. The van der Waals surface area contributed by atoms with Crippen LogP contribution in [0.2, 0.25) is 0 Å². The Morgan fingerprint density at radius 1 is 1.39 bits per heavy atom. The minimum atomic E-state index is 0.548. The third-order valence-corrected chi connectivity index (χ3v) is 3.33. The summed E-state index contributed by atoms with van der Waals surface area (Å²) in [5, 5.41) is 3.54. The maximum absolute atomic E-state index is 4.44. The zero-order valence-corrected chi connectivity index (χ0v) is 11.7. The summed E-state index contributed by atoms with van der Waals surface area (Å²) in [7, 11) is 0. The normalized spacial score (nSPS) is 19.8. The molecule has 1 aliphatic rings. The minimum absolute atomic E-state index is 0.548. The van der Waals surface area contributed by atoms with Crippen molar-refractivity contribution in [2.45, 2.75) is 39.7 Å². The standard InChI is InChI=1S/C14H24N4/c1-11(2)7-15-10-13-5-4-6-18(13)14-16-8-12(3)9-17-14/h8-9,11,13,15H,4-7,10H2,1-3H3. The van der Waals surface area contributed by atoms with E-state index in [-0.39, 0.29) is 0 Å². The van der Waals surface area contributed by atoms with E-state index in [1.165, 1.54) is 12.8 Å². The predicted octanol–water partition coefficient (Wildman–Crippen LogP) is 2.00. The summed E-state index contributed by atoms with van der Waals surface area (Å²) in [6.07, 6.45) is 6.28. The Hall–Kier alpha value is -1.16. The number of nitrogens with one attached hydrogen (secondary N) is 1. The highest BCUT2D eigenvalue weighted by atomic mass is 15.3. The summed E-state index contributed by atoms with van der Waals surface area (Å²) in [5.41, 5.74) is 1.12. The lowest BCUT2D eigenvalue weighted by atomic mass is 10.2. The van der Waals surface area contributed by atoms with E-state index in [0.29, 0.717) is 12.0 Å². The SMILES string of the molecule is Cc1cnc(N2CCCC2CNCC(C)C)nc1. The van der Waals surface area contributed by atoms with Crippen molar-refractivity contribution in [3.05, 3.63) is 18.0 Å². The number of rotatable bonds is 5. The highest BCUT2D eigenvalue weighted by molar-refractivity contribution is 5.33. The summed E-state index contributed by atoms with van der Waals surface area (Å²) in [6, 6.07) is 0.548. The maximum Gasteiger partial charge on any atom is 0.225 e. The number of anilines is 1. The molecule has 18 heavy (non-hydrogen) atoms. The quantitative estimate of drug-likeness (QED) is 0.865. The number of nitrogens with zero attached hydrogens (tertiary/aromatic N) is 3. The van der Waals surface area contributed by atoms with Crippen LogP contribution >= 0.6 is 0 Å². The van der Waals surface area contributed by atoms with Crippen molar-refractivity contribution in [1.82, 2.24) is 15.3 Å². The van der Waals surface area contributed by atoms with Gasteiger partial charge in [0.15, 0.2) is 0 Å². The lowest BCUT2D eigenvalue weighted by Crippen LogP contribution is -2.39. The second-order valence-electron chi connectivity index (χ2n) is 5.60. The first kappa shape index (κ1) is 13.3. The lowest BCUT2D eigenvalue weighted by molar-refractivity contribution is 0.510. The van der Waals surface area contributed by atoms with Gasteiger partial charge in [-0.25, -0.2) is 9.97 Å². The summed E-state index contributed by atoms with van der Waals surface area (Å²) >= 11 is 0. The van der Waals surface area contributed by atoms with E-state index >= 15 is 0 Å². The van der Waals surface area contributed by atoms with Gasteiger partial charge in [0.1, 0.15) is 0 Å². The van der Waals surface area contributed by atoms with Gasteiger partial charge in [-0.3, -0.25) is 0 Å². The van der Waals surface area contributed by atoms with Gasteiger partial charge in [-0.15, -0.1) is 0 Å². The smallest absolute Gasteiger partial charge is 0.225 e. The van der Waals surface area contributed by atoms with Crippen molar-refractivity contribution in [3.63, 3.8) is 0 Å².